The fourth-order valence-corrected chi connectivity index (χ4v) is 2.49. The second kappa shape index (κ2) is 6.78. The number of rotatable bonds is 5. The van der Waals surface area contributed by atoms with Gasteiger partial charge in [-0.3, -0.25) is 9.69 Å². The van der Waals surface area contributed by atoms with Gasteiger partial charge in [-0.05, 0) is 31.0 Å². The SMILES string of the molecule is NC(=S)c1cccc(NC(=O)CN2CCC(CO)C2)c1. The first kappa shape index (κ1) is 14.9. The van der Waals surface area contributed by atoms with E-state index in [9.17, 15) is 4.79 Å². The largest absolute Gasteiger partial charge is 0.396 e. The van der Waals surface area contributed by atoms with Crippen molar-refractivity contribution in [3.63, 3.8) is 0 Å². The Morgan fingerprint density at radius 2 is 2.35 bits per heavy atom. The molecular formula is C14H19N3O2S. The van der Waals surface area contributed by atoms with Gasteiger partial charge in [0.05, 0.1) is 6.54 Å². The molecule has 2 rings (SSSR count). The summed E-state index contributed by atoms with van der Waals surface area (Å²) in [6.07, 6.45) is 0.945. The first-order valence-electron chi connectivity index (χ1n) is 6.61. The maximum absolute atomic E-state index is 12.0. The van der Waals surface area contributed by atoms with Gasteiger partial charge in [0.1, 0.15) is 4.99 Å². The summed E-state index contributed by atoms with van der Waals surface area (Å²) in [6, 6.07) is 7.19. The van der Waals surface area contributed by atoms with E-state index in [0.29, 0.717) is 23.1 Å². The number of nitrogens with zero attached hydrogens (tertiary/aromatic N) is 1. The average Bonchev–Trinajstić information content (AvgIpc) is 2.86. The van der Waals surface area contributed by atoms with Crippen molar-refractivity contribution in [2.45, 2.75) is 6.42 Å². The summed E-state index contributed by atoms with van der Waals surface area (Å²) in [5.41, 5.74) is 6.99. The molecule has 1 aromatic rings. The van der Waals surface area contributed by atoms with Crippen LogP contribution in [0.2, 0.25) is 0 Å². The highest BCUT2D eigenvalue weighted by Gasteiger charge is 2.23. The van der Waals surface area contributed by atoms with E-state index in [1.807, 2.05) is 17.0 Å². The molecule has 1 saturated heterocycles. The second-order valence-electron chi connectivity index (χ2n) is 5.07. The van der Waals surface area contributed by atoms with Gasteiger partial charge in [-0.2, -0.15) is 0 Å². The molecule has 1 aliphatic heterocycles. The number of benzene rings is 1. The minimum atomic E-state index is -0.0660. The molecule has 1 unspecified atom stereocenters. The molecule has 1 fully saturated rings. The molecule has 20 heavy (non-hydrogen) atoms. The number of aliphatic hydroxyl groups is 1. The Kier molecular flexibility index (Phi) is 5.05. The lowest BCUT2D eigenvalue weighted by atomic mass is 10.1. The van der Waals surface area contributed by atoms with E-state index in [-0.39, 0.29) is 12.5 Å². The molecule has 1 aliphatic rings. The number of carbonyl (C=O) groups is 1. The average molecular weight is 293 g/mol. The van der Waals surface area contributed by atoms with E-state index in [1.54, 1.807) is 12.1 Å². The number of likely N-dealkylation sites (tertiary alicyclic amines) is 1. The maximum Gasteiger partial charge on any atom is 0.238 e. The number of hydrogen-bond acceptors (Lipinski definition) is 4. The van der Waals surface area contributed by atoms with Gasteiger partial charge in [0.25, 0.3) is 0 Å². The highest BCUT2D eigenvalue weighted by molar-refractivity contribution is 7.80. The second-order valence-corrected chi connectivity index (χ2v) is 5.51. The normalized spacial score (nSPS) is 18.9. The predicted octanol–water partition coefficient (Wildman–Crippen LogP) is 0.573. The predicted molar refractivity (Wildman–Crippen MR) is 82.6 cm³/mol. The number of amides is 1. The first-order valence-corrected chi connectivity index (χ1v) is 7.02. The van der Waals surface area contributed by atoms with Crippen molar-refractivity contribution in [3.8, 4) is 0 Å². The van der Waals surface area contributed by atoms with Crippen LogP contribution in [0.4, 0.5) is 5.69 Å². The third-order valence-electron chi connectivity index (χ3n) is 3.43. The van der Waals surface area contributed by atoms with E-state index >= 15 is 0 Å². The Labute approximate surface area is 123 Å². The summed E-state index contributed by atoms with van der Waals surface area (Å²) in [7, 11) is 0. The van der Waals surface area contributed by atoms with E-state index in [1.165, 1.54) is 0 Å². The third-order valence-corrected chi connectivity index (χ3v) is 3.66. The summed E-state index contributed by atoms with van der Waals surface area (Å²) in [5, 5.41) is 11.9. The van der Waals surface area contributed by atoms with Crippen molar-refractivity contribution in [1.29, 1.82) is 0 Å². The van der Waals surface area contributed by atoms with Crippen LogP contribution in [0.3, 0.4) is 0 Å². The fourth-order valence-electron chi connectivity index (χ4n) is 2.36. The van der Waals surface area contributed by atoms with Gasteiger partial charge in [0.15, 0.2) is 0 Å². The number of carbonyl (C=O) groups excluding carboxylic acids is 1. The molecular weight excluding hydrogens is 274 g/mol. The number of nitrogens with one attached hydrogen (secondary N) is 1. The minimum absolute atomic E-state index is 0.0660. The number of anilines is 1. The molecule has 6 heteroatoms. The molecule has 1 heterocycles. The van der Waals surface area contributed by atoms with Crippen LogP contribution in [0.25, 0.3) is 0 Å². The lowest BCUT2D eigenvalue weighted by Crippen LogP contribution is -2.31. The molecule has 1 aromatic carbocycles. The molecule has 0 bridgehead atoms. The number of nitrogens with two attached hydrogens (primary N) is 1. The summed E-state index contributed by atoms with van der Waals surface area (Å²) in [5.74, 6) is 0.226. The van der Waals surface area contributed by atoms with Gasteiger partial charge in [0, 0.05) is 24.4 Å². The molecule has 1 amide bonds. The zero-order valence-corrected chi connectivity index (χ0v) is 12.0. The quantitative estimate of drug-likeness (QED) is 0.692. The molecule has 0 aromatic heterocycles. The maximum atomic E-state index is 12.0. The number of aliphatic hydroxyl groups excluding tert-OH is 1. The Morgan fingerprint density at radius 1 is 1.55 bits per heavy atom. The molecule has 1 atom stereocenters. The number of hydrogen-bond donors (Lipinski definition) is 3. The first-order chi connectivity index (χ1) is 9.58. The lowest BCUT2D eigenvalue weighted by Gasteiger charge is -2.15. The Hall–Kier alpha value is -1.50. The molecule has 0 saturated carbocycles. The topological polar surface area (TPSA) is 78.6 Å². The fraction of sp³-hybridized carbons (Fsp3) is 0.429. The van der Waals surface area contributed by atoms with Crippen LogP contribution < -0.4 is 11.1 Å². The number of thiocarbonyl (C=S) groups is 1. The smallest absolute Gasteiger partial charge is 0.238 e. The van der Waals surface area contributed by atoms with Crippen LogP contribution >= 0.6 is 12.2 Å². The van der Waals surface area contributed by atoms with Crippen molar-refractivity contribution in [2.75, 3.05) is 31.6 Å². The molecule has 0 spiro atoms. The van der Waals surface area contributed by atoms with Crippen LogP contribution in [-0.4, -0.2) is 47.1 Å². The molecule has 5 nitrogen and oxygen atoms in total. The monoisotopic (exact) mass is 293 g/mol. The van der Waals surface area contributed by atoms with Gasteiger partial charge in [0.2, 0.25) is 5.91 Å². The zero-order valence-electron chi connectivity index (χ0n) is 11.2. The molecule has 108 valence electrons. The lowest BCUT2D eigenvalue weighted by molar-refractivity contribution is -0.117. The van der Waals surface area contributed by atoms with Crippen LogP contribution in [0.15, 0.2) is 24.3 Å². The van der Waals surface area contributed by atoms with Gasteiger partial charge >= 0.3 is 0 Å². The molecule has 4 N–H and O–H groups in total. The highest BCUT2D eigenvalue weighted by Crippen LogP contribution is 2.15. The Bertz CT molecular complexity index is 507. The Balaban J connectivity index is 1.88. The summed E-state index contributed by atoms with van der Waals surface area (Å²) >= 11 is 4.91. The summed E-state index contributed by atoms with van der Waals surface area (Å²) in [4.78, 5) is 14.3. The standard InChI is InChI=1S/C14H19N3O2S/c15-14(20)11-2-1-3-12(6-11)16-13(19)8-17-5-4-10(7-17)9-18/h1-3,6,10,18H,4-5,7-9H2,(H2,15,20)(H,16,19). The van der Waals surface area contributed by atoms with Gasteiger partial charge in [-0.15, -0.1) is 0 Å². The van der Waals surface area contributed by atoms with Crippen LogP contribution in [0.1, 0.15) is 12.0 Å². The van der Waals surface area contributed by atoms with Crippen molar-refractivity contribution in [1.82, 2.24) is 4.90 Å². The molecule has 0 radical (unpaired) electrons. The minimum Gasteiger partial charge on any atom is -0.396 e. The van der Waals surface area contributed by atoms with Crippen LogP contribution in [-0.2, 0) is 4.79 Å². The van der Waals surface area contributed by atoms with Crippen molar-refractivity contribution in [2.24, 2.45) is 11.7 Å². The Morgan fingerprint density at radius 3 is 3.00 bits per heavy atom. The van der Waals surface area contributed by atoms with Gasteiger partial charge in [-0.1, -0.05) is 24.4 Å². The summed E-state index contributed by atoms with van der Waals surface area (Å²) < 4.78 is 0. The van der Waals surface area contributed by atoms with Crippen molar-refractivity contribution < 1.29 is 9.90 Å². The van der Waals surface area contributed by atoms with Crippen molar-refractivity contribution >= 4 is 28.8 Å². The zero-order chi connectivity index (χ0) is 14.5. The van der Waals surface area contributed by atoms with Crippen LogP contribution in [0.5, 0.6) is 0 Å². The van der Waals surface area contributed by atoms with Crippen molar-refractivity contribution in [3.05, 3.63) is 29.8 Å². The molecule has 0 aliphatic carbocycles. The van der Waals surface area contributed by atoms with E-state index < -0.39 is 0 Å². The van der Waals surface area contributed by atoms with E-state index in [4.69, 9.17) is 23.1 Å². The van der Waals surface area contributed by atoms with E-state index in [0.717, 1.165) is 25.1 Å². The summed E-state index contributed by atoms with van der Waals surface area (Å²) in [6.45, 7) is 2.16. The highest BCUT2D eigenvalue weighted by atomic mass is 32.1. The van der Waals surface area contributed by atoms with Crippen LogP contribution in [0, 0.1) is 5.92 Å². The van der Waals surface area contributed by atoms with Gasteiger partial charge in [-0.25, -0.2) is 0 Å². The van der Waals surface area contributed by atoms with Gasteiger partial charge < -0.3 is 16.2 Å². The third kappa shape index (κ3) is 4.00. The van der Waals surface area contributed by atoms with E-state index in [2.05, 4.69) is 5.32 Å².